The zero-order valence-electron chi connectivity index (χ0n) is 17.1. The van der Waals surface area contributed by atoms with Gasteiger partial charge in [-0.3, -0.25) is 9.78 Å². The van der Waals surface area contributed by atoms with Gasteiger partial charge in [-0.15, -0.1) is 10.2 Å². The van der Waals surface area contributed by atoms with Crippen molar-refractivity contribution in [2.24, 2.45) is 5.10 Å². The van der Waals surface area contributed by atoms with Crippen LogP contribution in [0.2, 0.25) is 5.02 Å². The lowest BCUT2D eigenvalue weighted by molar-refractivity contribution is 0.0955. The number of aromatic nitrogens is 3. The Labute approximate surface area is 193 Å². The Kier molecular flexibility index (Phi) is 5.61. The number of rotatable bonds is 5. The molecule has 0 bridgehead atoms. The van der Waals surface area contributed by atoms with E-state index >= 15 is 0 Å². The van der Waals surface area contributed by atoms with Gasteiger partial charge < -0.3 is 4.42 Å². The van der Waals surface area contributed by atoms with E-state index in [-0.39, 0.29) is 5.91 Å². The van der Waals surface area contributed by atoms with Gasteiger partial charge in [0, 0.05) is 33.3 Å². The molecule has 5 rings (SSSR count). The summed E-state index contributed by atoms with van der Waals surface area (Å²) in [7, 11) is 0. The molecule has 5 aromatic rings. The molecule has 3 aromatic carbocycles. The molecule has 0 aliphatic carbocycles. The largest absolute Gasteiger partial charge is 0.416 e. The van der Waals surface area contributed by atoms with Crippen molar-refractivity contribution in [1.82, 2.24) is 20.6 Å². The normalized spacial score (nSPS) is 11.2. The van der Waals surface area contributed by atoms with Crippen molar-refractivity contribution in [2.45, 2.75) is 0 Å². The molecule has 1 amide bonds. The van der Waals surface area contributed by atoms with Crippen LogP contribution < -0.4 is 5.43 Å². The SMILES string of the molecule is O=C(N/N=C/c1cccc(Cl)c1)c1ccc(-c2nnc(-c3ccc4ncccc4c3)o2)cc1. The van der Waals surface area contributed by atoms with Crippen LogP contribution in [0.4, 0.5) is 0 Å². The van der Waals surface area contributed by atoms with Crippen LogP contribution in [-0.4, -0.2) is 27.3 Å². The molecule has 0 fully saturated rings. The Morgan fingerprint density at radius 2 is 1.70 bits per heavy atom. The molecule has 33 heavy (non-hydrogen) atoms. The van der Waals surface area contributed by atoms with E-state index in [0.717, 1.165) is 22.0 Å². The zero-order valence-corrected chi connectivity index (χ0v) is 17.9. The van der Waals surface area contributed by atoms with Gasteiger partial charge in [0.15, 0.2) is 0 Å². The number of pyridine rings is 1. The van der Waals surface area contributed by atoms with Gasteiger partial charge in [0.2, 0.25) is 11.8 Å². The second kappa shape index (κ2) is 9.02. The predicted octanol–water partition coefficient (Wildman–Crippen LogP) is 5.37. The summed E-state index contributed by atoms with van der Waals surface area (Å²) in [6, 6.07) is 23.6. The highest BCUT2D eigenvalue weighted by Crippen LogP contribution is 2.26. The fourth-order valence-electron chi connectivity index (χ4n) is 3.25. The number of hydrazone groups is 1. The van der Waals surface area contributed by atoms with Crippen LogP contribution >= 0.6 is 11.6 Å². The Bertz CT molecular complexity index is 1480. The summed E-state index contributed by atoms with van der Waals surface area (Å²) >= 11 is 5.94. The lowest BCUT2D eigenvalue weighted by atomic mass is 10.1. The molecule has 0 saturated carbocycles. The molecule has 0 atom stereocenters. The maximum absolute atomic E-state index is 12.3. The summed E-state index contributed by atoms with van der Waals surface area (Å²) in [4.78, 5) is 16.7. The minimum Gasteiger partial charge on any atom is -0.416 e. The Morgan fingerprint density at radius 1 is 0.909 bits per heavy atom. The molecule has 2 heterocycles. The Hall–Kier alpha value is -4.36. The number of hydrogen-bond acceptors (Lipinski definition) is 6. The first kappa shape index (κ1) is 20.5. The van der Waals surface area contributed by atoms with Gasteiger partial charge in [-0.05, 0) is 66.2 Å². The van der Waals surface area contributed by atoms with E-state index in [1.165, 1.54) is 6.21 Å². The lowest BCUT2D eigenvalue weighted by Gasteiger charge is -2.01. The number of nitrogens with one attached hydrogen (secondary N) is 1. The van der Waals surface area contributed by atoms with Crippen molar-refractivity contribution >= 4 is 34.6 Å². The number of amides is 1. The summed E-state index contributed by atoms with van der Waals surface area (Å²) in [6.45, 7) is 0. The van der Waals surface area contributed by atoms with Gasteiger partial charge in [0.25, 0.3) is 5.91 Å². The summed E-state index contributed by atoms with van der Waals surface area (Å²) in [5.74, 6) is 0.436. The number of carbonyl (C=O) groups excluding carboxylic acids is 1. The van der Waals surface area contributed by atoms with E-state index < -0.39 is 0 Å². The van der Waals surface area contributed by atoms with Crippen LogP contribution in [-0.2, 0) is 0 Å². The molecule has 0 radical (unpaired) electrons. The van der Waals surface area contributed by atoms with Crippen molar-refractivity contribution < 1.29 is 9.21 Å². The topological polar surface area (TPSA) is 93.3 Å². The first-order chi connectivity index (χ1) is 16.2. The van der Waals surface area contributed by atoms with E-state index in [1.54, 1.807) is 42.6 Å². The minimum absolute atomic E-state index is 0.337. The van der Waals surface area contributed by atoms with Crippen molar-refractivity contribution in [2.75, 3.05) is 0 Å². The maximum atomic E-state index is 12.3. The van der Waals surface area contributed by atoms with Crippen LogP contribution in [0.1, 0.15) is 15.9 Å². The number of benzene rings is 3. The molecule has 2 aromatic heterocycles. The highest BCUT2D eigenvalue weighted by molar-refractivity contribution is 6.30. The monoisotopic (exact) mass is 453 g/mol. The highest BCUT2D eigenvalue weighted by atomic mass is 35.5. The van der Waals surface area contributed by atoms with Crippen LogP contribution in [0.5, 0.6) is 0 Å². The molecule has 0 spiro atoms. The maximum Gasteiger partial charge on any atom is 0.271 e. The molecule has 0 saturated heterocycles. The van der Waals surface area contributed by atoms with Crippen molar-refractivity contribution in [3.63, 3.8) is 0 Å². The second-order valence-corrected chi connectivity index (χ2v) is 7.59. The van der Waals surface area contributed by atoms with Gasteiger partial charge >= 0.3 is 0 Å². The molecule has 160 valence electrons. The predicted molar refractivity (Wildman–Crippen MR) is 127 cm³/mol. The third-order valence-corrected chi connectivity index (χ3v) is 5.13. The quantitative estimate of drug-likeness (QED) is 0.285. The Morgan fingerprint density at radius 3 is 2.52 bits per heavy atom. The number of carbonyl (C=O) groups is 1. The number of fused-ring (bicyclic) bond motifs is 1. The smallest absolute Gasteiger partial charge is 0.271 e. The molecular weight excluding hydrogens is 438 g/mol. The van der Waals surface area contributed by atoms with E-state index in [0.29, 0.717) is 27.9 Å². The van der Waals surface area contributed by atoms with E-state index in [1.807, 2.05) is 42.5 Å². The van der Waals surface area contributed by atoms with E-state index in [4.69, 9.17) is 16.0 Å². The van der Waals surface area contributed by atoms with Gasteiger partial charge in [0.05, 0.1) is 11.7 Å². The average Bonchev–Trinajstić information content (AvgIpc) is 3.34. The molecule has 0 unspecified atom stereocenters. The van der Waals surface area contributed by atoms with Crippen LogP contribution in [0.25, 0.3) is 33.8 Å². The second-order valence-electron chi connectivity index (χ2n) is 7.15. The van der Waals surface area contributed by atoms with E-state index in [9.17, 15) is 4.79 Å². The number of nitrogens with zero attached hydrogens (tertiary/aromatic N) is 4. The molecule has 0 aliphatic heterocycles. The molecule has 0 aliphatic rings. The number of hydrogen-bond donors (Lipinski definition) is 1. The fraction of sp³-hybridized carbons (Fsp3) is 0. The van der Waals surface area contributed by atoms with Crippen molar-refractivity contribution in [3.05, 3.63) is 101 Å². The first-order valence-electron chi connectivity index (χ1n) is 10.0. The van der Waals surface area contributed by atoms with Crippen molar-refractivity contribution in [1.29, 1.82) is 0 Å². The minimum atomic E-state index is -0.337. The van der Waals surface area contributed by atoms with Gasteiger partial charge in [-0.1, -0.05) is 29.8 Å². The van der Waals surface area contributed by atoms with Crippen LogP contribution in [0.3, 0.4) is 0 Å². The number of halogens is 1. The summed E-state index contributed by atoms with van der Waals surface area (Å²) in [6.07, 6.45) is 3.28. The zero-order chi connectivity index (χ0) is 22.6. The third kappa shape index (κ3) is 4.63. The molecule has 7 nitrogen and oxygen atoms in total. The molecule has 1 N–H and O–H groups in total. The summed E-state index contributed by atoms with van der Waals surface area (Å²) < 4.78 is 5.85. The molecule has 8 heteroatoms. The van der Waals surface area contributed by atoms with Crippen molar-refractivity contribution in [3.8, 4) is 22.9 Å². The standard InChI is InChI=1S/C25H16ClN5O2/c26-21-5-1-3-16(13-21)15-28-29-23(32)17-6-8-18(9-7-17)24-30-31-25(33-24)20-10-11-22-19(14-20)4-2-12-27-22/h1-15H,(H,29,32)/b28-15+. The third-order valence-electron chi connectivity index (χ3n) is 4.90. The lowest BCUT2D eigenvalue weighted by Crippen LogP contribution is -2.17. The first-order valence-corrected chi connectivity index (χ1v) is 10.4. The summed E-state index contributed by atoms with van der Waals surface area (Å²) in [5, 5.41) is 13.9. The fourth-order valence-corrected chi connectivity index (χ4v) is 3.44. The van der Waals surface area contributed by atoms with Gasteiger partial charge in [-0.2, -0.15) is 5.10 Å². The van der Waals surface area contributed by atoms with Crippen LogP contribution in [0.15, 0.2) is 94.6 Å². The average molecular weight is 454 g/mol. The van der Waals surface area contributed by atoms with E-state index in [2.05, 4.69) is 25.7 Å². The highest BCUT2D eigenvalue weighted by Gasteiger charge is 2.12. The van der Waals surface area contributed by atoms with Gasteiger partial charge in [0.1, 0.15) is 0 Å². The van der Waals surface area contributed by atoms with Crippen LogP contribution in [0, 0.1) is 0 Å². The Balaban J connectivity index is 1.28. The summed E-state index contributed by atoms with van der Waals surface area (Å²) in [5.41, 5.74) is 6.14. The molecular formula is C25H16ClN5O2. The van der Waals surface area contributed by atoms with Gasteiger partial charge in [-0.25, -0.2) is 5.43 Å².